The fourth-order valence-electron chi connectivity index (χ4n) is 4.95. The first-order valence-electron chi connectivity index (χ1n) is 10.4. The summed E-state index contributed by atoms with van der Waals surface area (Å²) in [7, 11) is 1.86. The van der Waals surface area contributed by atoms with Crippen LogP contribution < -0.4 is 0 Å². The Morgan fingerprint density at radius 3 is 1.75 bits per heavy atom. The van der Waals surface area contributed by atoms with Gasteiger partial charge in [-0.25, -0.2) is 0 Å². The Morgan fingerprint density at radius 2 is 1.29 bits per heavy atom. The second-order valence-corrected chi connectivity index (χ2v) is 8.24. The quantitative estimate of drug-likeness (QED) is 0.556. The molecule has 0 radical (unpaired) electrons. The molecule has 1 aromatic rings. The minimum atomic E-state index is 0.503. The molecule has 2 aliphatic carbocycles. The SMILES string of the molecule is CCCCC1CCC(c2ccc(C3CCC(OC)CC3)cc2)CC1. The number of benzene rings is 1. The highest BCUT2D eigenvalue weighted by Crippen LogP contribution is 2.39. The Balaban J connectivity index is 1.50. The molecule has 3 rings (SSSR count). The summed E-state index contributed by atoms with van der Waals surface area (Å²) in [6.07, 6.45) is 15.5. The summed E-state index contributed by atoms with van der Waals surface area (Å²) in [5.41, 5.74) is 3.16. The summed E-state index contributed by atoms with van der Waals surface area (Å²) in [5, 5.41) is 0. The molecule has 1 aromatic carbocycles. The largest absolute Gasteiger partial charge is 0.381 e. The minimum Gasteiger partial charge on any atom is -0.381 e. The monoisotopic (exact) mass is 328 g/mol. The maximum atomic E-state index is 5.51. The first-order valence-corrected chi connectivity index (χ1v) is 10.4. The lowest BCUT2D eigenvalue weighted by Gasteiger charge is -2.30. The van der Waals surface area contributed by atoms with Gasteiger partial charge in [0.15, 0.2) is 0 Å². The summed E-state index contributed by atoms with van der Waals surface area (Å²) >= 11 is 0. The lowest BCUT2D eigenvalue weighted by atomic mass is 9.76. The number of methoxy groups -OCH3 is 1. The third kappa shape index (κ3) is 4.63. The first kappa shape index (κ1) is 18.0. The Labute approximate surface area is 149 Å². The highest BCUT2D eigenvalue weighted by molar-refractivity contribution is 5.28. The normalized spacial score (nSPS) is 31.1. The predicted octanol–water partition coefficient (Wildman–Crippen LogP) is 6.82. The Kier molecular flexibility index (Phi) is 6.77. The van der Waals surface area contributed by atoms with Crippen LogP contribution in [0.5, 0.6) is 0 Å². The second kappa shape index (κ2) is 9.04. The van der Waals surface area contributed by atoms with E-state index in [0.29, 0.717) is 6.10 Å². The predicted molar refractivity (Wildman–Crippen MR) is 103 cm³/mol. The molecule has 0 atom stereocenters. The van der Waals surface area contributed by atoms with Gasteiger partial charge in [-0.1, -0.05) is 50.5 Å². The molecule has 2 saturated carbocycles. The van der Waals surface area contributed by atoms with E-state index in [4.69, 9.17) is 4.74 Å². The van der Waals surface area contributed by atoms with Gasteiger partial charge >= 0.3 is 0 Å². The van der Waals surface area contributed by atoms with Crippen LogP contribution in [-0.4, -0.2) is 13.2 Å². The zero-order valence-corrected chi connectivity index (χ0v) is 15.8. The van der Waals surface area contributed by atoms with Crippen molar-refractivity contribution in [3.63, 3.8) is 0 Å². The van der Waals surface area contributed by atoms with Gasteiger partial charge in [-0.15, -0.1) is 0 Å². The highest BCUT2D eigenvalue weighted by atomic mass is 16.5. The molecule has 0 aromatic heterocycles. The van der Waals surface area contributed by atoms with Crippen LogP contribution in [0, 0.1) is 5.92 Å². The number of ether oxygens (including phenoxy) is 1. The first-order chi connectivity index (χ1) is 11.8. The molecule has 0 bridgehead atoms. The van der Waals surface area contributed by atoms with Gasteiger partial charge in [-0.3, -0.25) is 0 Å². The van der Waals surface area contributed by atoms with Crippen molar-refractivity contribution in [1.29, 1.82) is 0 Å². The van der Waals surface area contributed by atoms with Crippen molar-refractivity contribution in [3.05, 3.63) is 35.4 Å². The van der Waals surface area contributed by atoms with Crippen LogP contribution in [0.2, 0.25) is 0 Å². The molecular weight excluding hydrogens is 292 g/mol. The van der Waals surface area contributed by atoms with E-state index in [1.807, 2.05) is 7.11 Å². The van der Waals surface area contributed by atoms with E-state index < -0.39 is 0 Å². The molecule has 134 valence electrons. The number of rotatable bonds is 6. The van der Waals surface area contributed by atoms with E-state index in [9.17, 15) is 0 Å². The fraction of sp³-hybridized carbons (Fsp3) is 0.739. The molecule has 24 heavy (non-hydrogen) atoms. The van der Waals surface area contributed by atoms with E-state index in [1.165, 1.54) is 70.6 Å². The van der Waals surface area contributed by atoms with Crippen molar-refractivity contribution in [3.8, 4) is 0 Å². The molecule has 0 aliphatic heterocycles. The summed E-state index contributed by atoms with van der Waals surface area (Å²) in [6.45, 7) is 2.31. The van der Waals surface area contributed by atoms with E-state index in [2.05, 4.69) is 31.2 Å². The van der Waals surface area contributed by atoms with Gasteiger partial charge in [0.2, 0.25) is 0 Å². The third-order valence-electron chi connectivity index (χ3n) is 6.70. The van der Waals surface area contributed by atoms with E-state index in [1.54, 1.807) is 11.1 Å². The molecule has 1 heteroatoms. The molecule has 2 aliphatic rings. The van der Waals surface area contributed by atoms with Crippen molar-refractivity contribution in [2.45, 2.75) is 95.5 Å². The Hall–Kier alpha value is -0.820. The maximum absolute atomic E-state index is 5.51. The molecule has 0 N–H and O–H groups in total. The smallest absolute Gasteiger partial charge is 0.0571 e. The second-order valence-electron chi connectivity index (χ2n) is 8.24. The molecule has 1 nitrogen and oxygen atoms in total. The van der Waals surface area contributed by atoms with Crippen LogP contribution in [0.15, 0.2) is 24.3 Å². The van der Waals surface area contributed by atoms with Gasteiger partial charge < -0.3 is 4.74 Å². The third-order valence-corrected chi connectivity index (χ3v) is 6.70. The van der Waals surface area contributed by atoms with E-state index >= 15 is 0 Å². The van der Waals surface area contributed by atoms with Gasteiger partial charge in [0, 0.05) is 7.11 Å². The molecule has 0 saturated heterocycles. The Bertz CT molecular complexity index is 461. The average molecular weight is 329 g/mol. The van der Waals surface area contributed by atoms with Crippen molar-refractivity contribution in [2.24, 2.45) is 5.92 Å². The van der Waals surface area contributed by atoms with E-state index in [-0.39, 0.29) is 0 Å². The molecule has 0 heterocycles. The van der Waals surface area contributed by atoms with Crippen LogP contribution >= 0.6 is 0 Å². The van der Waals surface area contributed by atoms with Crippen molar-refractivity contribution >= 4 is 0 Å². The van der Waals surface area contributed by atoms with Crippen molar-refractivity contribution < 1.29 is 4.74 Å². The summed E-state index contributed by atoms with van der Waals surface area (Å²) in [6, 6.07) is 9.73. The summed E-state index contributed by atoms with van der Waals surface area (Å²) < 4.78 is 5.51. The number of hydrogen-bond donors (Lipinski definition) is 0. The van der Waals surface area contributed by atoms with Crippen molar-refractivity contribution in [1.82, 2.24) is 0 Å². The molecular formula is C23H36O. The fourth-order valence-corrected chi connectivity index (χ4v) is 4.95. The van der Waals surface area contributed by atoms with E-state index in [0.717, 1.165) is 17.8 Å². The van der Waals surface area contributed by atoms with Gasteiger partial charge in [0.25, 0.3) is 0 Å². The molecule has 0 unspecified atom stereocenters. The maximum Gasteiger partial charge on any atom is 0.0571 e. The number of hydrogen-bond acceptors (Lipinski definition) is 1. The number of unbranched alkanes of at least 4 members (excludes halogenated alkanes) is 1. The zero-order valence-electron chi connectivity index (χ0n) is 15.8. The van der Waals surface area contributed by atoms with Crippen LogP contribution in [0.3, 0.4) is 0 Å². The van der Waals surface area contributed by atoms with Gasteiger partial charge in [0.05, 0.1) is 6.10 Å². The zero-order chi connectivity index (χ0) is 16.8. The lowest BCUT2D eigenvalue weighted by molar-refractivity contribution is 0.0658. The van der Waals surface area contributed by atoms with Gasteiger partial charge in [-0.05, 0) is 80.2 Å². The molecule has 0 amide bonds. The lowest BCUT2D eigenvalue weighted by Crippen LogP contribution is -2.19. The van der Waals surface area contributed by atoms with Crippen LogP contribution in [0.1, 0.15) is 101 Å². The van der Waals surface area contributed by atoms with Gasteiger partial charge in [0.1, 0.15) is 0 Å². The van der Waals surface area contributed by atoms with Crippen molar-refractivity contribution in [2.75, 3.05) is 7.11 Å². The Morgan fingerprint density at radius 1 is 0.792 bits per heavy atom. The standard InChI is InChI=1S/C23H36O/c1-3-4-5-18-6-8-19(9-7-18)20-10-12-21(13-11-20)22-14-16-23(24-2)17-15-22/h10-13,18-19,22-23H,3-9,14-17H2,1-2H3. The molecule has 0 spiro atoms. The van der Waals surface area contributed by atoms with Crippen LogP contribution in [0.25, 0.3) is 0 Å². The molecule has 2 fully saturated rings. The van der Waals surface area contributed by atoms with Crippen LogP contribution in [-0.2, 0) is 4.74 Å². The average Bonchev–Trinajstić information content (AvgIpc) is 2.67. The summed E-state index contributed by atoms with van der Waals surface area (Å²) in [4.78, 5) is 0. The summed E-state index contributed by atoms with van der Waals surface area (Å²) in [5.74, 6) is 2.59. The minimum absolute atomic E-state index is 0.503. The van der Waals surface area contributed by atoms with Crippen LogP contribution in [0.4, 0.5) is 0 Å². The van der Waals surface area contributed by atoms with Gasteiger partial charge in [-0.2, -0.15) is 0 Å². The topological polar surface area (TPSA) is 9.23 Å². The highest BCUT2D eigenvalue weighted by Gasteiger charge is 2.24.